The Hall–Kier alpha value is -2.12. The van der Waals surface area contributed by atoms with Gasteiger partial charge in [0.05, 0.1) is 13.0 Å². The molecule has 8 nitrogen and oxygen atoms in total. The van der Waals surface area contributed by atoms with Gasteiger partial charge in [0.15, 0.2) is 0 Å². The third kappa shape index (κ3) is 8.50. The van der Waals surface area contributed by atoms with Crippen LogP contribution in [0.25, 0.3) is 0 Å². The number of primary amides is 1. The molecule has 0 rings (SSSR count). The van der Waals surface area contributed by atoms with Crippen LogP contribution in [-0.2, 0) is 23.9 Å². The molecule has 0 radical (unpaired) electrons. The standard InChI is InChI=1S/C16H29N3O5/c1-6-24-13(21)8-10(4)14(15(17)22)19-16(23)12(7-9(2)3)18-11(5)20/h9-10,12,14H,6-8H2,1-5H3,(H2,17,22)(H,18,20)(H,19,23)/t10-,12+,14+/m1/s1. The van der Waals surface area contributed by atoms with E-state index in [2.05, 4.69) is 10.6 Å². The maximum atomic E-state index is 12.4. The molecule has 0 aromatic heterocycles. The maximum Gasteiger partial charge on any atom is 0.306 e. The fraction of sp³-hybridized carbons (Fsp3) is 0.750. The van der Waals surface area contributed by atoms with E-state index >= 15 is 0 Å². The molecular weight excluding hydrogens is 314 g/mol. The molecule has 3 amide bonds. The monoisotopic (exact) mass is 343 g/mol. The van der Waals surface area contributed by atoms with E-state index in [-0.39, 0.29) is 24.9 Å². The zero-order valence-corrected chi connectivity index (χ0v) is 15.0. The fourth-order valence-electron chi connectivity index (χ4n) is 2.30. The zero-order valence-electron chi connectivity index (χ0n) is 15.0. The van der Waals surface area contributed by atoms with Crippen LogP contribution in [0.15, 0.2) is 0 Å². The molecule has 0 aromatic carbocycles. The number of amides is 3. The van der Waals surface area contributed by atoms with E-state index in [1.807, 2.05) is 13.8 Å². The molecule has 4 N–H and O–H groups in total. The van der Waals surface area contributed by atoms with Crippen molar-refractivity contribution >= 4 is 23.7 Å². The van der Waals surface area contributed by atoms with Crippen LogP contribution in [0, 0.1) is 11.8 Å². The smallest absolute Gasteiger partial charge is 0.306 e. The maximum absolute atomic E-state index is 12.4. The van der Waals surface area contributed by atoms with E-state index in [9.17, 15) is 19.2 Å². The van der Waals surface area contributed by atoms with Crippen molar-refractivity contribution in [3.63, 3.8) is 0 Å². The van der Waals surface area contributed by atoms with Gasteiger partial charge in [0.2, 0.25) is 17.7 Å². The number of hydrogen-bond acceptors (Lipinski definition) is 5. The zero-order chi connectivity index (χ0) is 18.9. The summed E-state index contributed by atoms with van der Waals surface area (Å²) in [7, 11) is 0. The summed E-state index contributed by atoms with van der Waals surface area (Å²) in [5.74, 6) is -2.42. The van der Waals surface area contributed by atoms with Crippen molar-refractivity contribution in [1.29, 1.82) is 0 Å². The highest BCUT2D eigenvalue weighted by atomic mass is 16.5. The Bertz CT molecular complexity index is 465. The predicted octanol–water partition coefficient (Wildman–Crippen LogP) is 0.0966. The second kappa shape index (κ2) is 10.6. The lowest BCUT2D eigenvalue weighted by atomic mass is 9.96. The first-order valence-corrected chi connectivity index (χ1v) is 8.10. The molecule has 0 spiro atoms. The van der Waals surface area contributed by atoms with Gasteiger partial charge in [0, 0.05) is 6.92 Å². The minimum atomic E-state index is -1.02. The molecule has 24 heavy (non-hydrogen) atoms. The van der Waals surface area contributed by atoms with Crippen molar-refractivity contribution in [2.45, 2.75) is 59.5 Å². The van der Waals surface area contributed by atoms with Crippen molar-refractivity contribution in [2.75, 3.05) is 6.61 Å². The second-order valence-corrected chi connectivity index (χ2v) is 6.26. The van der Waals surface area contributed by atoms with Gasteiger partial charge in [0.25, 0.3) is 0 Å². The lowest BCUT2D eigenvalue weighted by molar-refractivity contribution is -0.145. The normalized spacial score (nSPS) is 14.4. The van der Waals surface area contributed by atoms with E-state index < -0.39 is 35.8 Å². The number of carbonyl (C=O) groups is 4. The number of carbonyl (C=O) groups excluding carboxylic acids is 4. The van der Waals surface area contributed by atoms with Gasteiger partial charge in [-0.3, -0.25) is 19.2 Å². The molecule has 0 bridgehead atoms. The SMILES string of the molecule is CCOC(=O)C[C@@H](C)[C@H](NC(=O)[C@H](CC(C)C)NC(C)=O)C(N)=O. The van der Waals surface area contributed by atoms with Crippen LogP contribution in [0.2, 0.25) is 0 Å². The molecule has 0 heterocycles. The highest BCUT2D eigenvalue weighted by molar-refractivity contribution is 5.91. The Morgan fingerprint density at radius 1 is 1.08 bits per heavy atom. The first kappa shape index (κ1) is 21.9. The number of nitrogens with one attached hydrogen (secondary N) is 2. The third-order valence-corrected chi connectivity index (χ3v) is 3.37. The Labute approximate surface area is 142 Å². The average molecular weight is 343 g/mol. The molecule has 0 unspecified atom stereocenters. The van der Waals surface area contributed by atoms with Crippen molar-refractivity contribution in [3.8, 4) is 0 Å². The van der Waals surface area contributed by atoms with Gasteiger partial charge in [-0.25, -0.2) is 0 Å². The molecule has 0 saturated heterocycles. The van der Waals surface area contributed by atoms with Gasteiger partial charge in [-0.05, 0) is 25.2 Å². The van der Waals surface area contributed by atoms with E-state index in [1.165, 1.54) is 6.92 Å². The van der Waals surface area contributed by atoms with Crippen molar-refractivity contribution in [3.05, 3.63) is 0 Å². The van der Waals surface area contributed by atoms with Gasteiger partial charge in [-0.1, -0.05) is 20.8 Å². The van der Waals surface area contributed by atoms with Crippen LogP contribution in [-0.4, -0.2) is 42.4 Å². The molecule has 0 aliphatic heterocycles. The summed E-state index contributed by atoms with van der Waals surface area (Å²) in [5.41, 5.74) is 5.35. The Balaban J connectivity index is 4.99. The van der Waals surface area contributed by atoms with Crippen LogP contribution >= 0.6 is 0 Å². The molecule has 8 heteroatoms. The summed E-state index contributed by atoms with van der Waals surface area (Å²) >= 11 is 0. The van der Waals surface area contributed by atoms with Crippen LogP contribution in [0.1, 0.15) is 47.5 Å². The van der Waals surface area contributed by atoms with E-state index in [0.717, 1.165) is 0 Å². The third-order valence-electron chi connectivity index (χ3n) is 3.37. The summed E-state index contributed by atoms with van der Waals surface area (Å²) in [6, 6.07) is -1.79. The number of nitrogens with two attached hydrogens (primary N) is 1. The highest BCUT2D eigenvalue weighted by Gasteiger charge is 2.30. The Morgan fingerprint density at radius 3 is 2.08 bits per heavy atom. The predicted molar refractivity (Wildman–Crippen MR) is 88.6 cm³/mol. The molecule has 3 atom stereocenters. The number of rotatable bonds is 10. The summed E-state index contributed by atoms with van der Waals surface area (Å²) in [6.07, 6.45) is 0.375. The quantitative estimate of drug-likeness (QED) is 0.485. The second-order valence-electron chi connectivity index (χ2n) is 6.26. The molecule has 0 aliphatic rings. The summed E-state index contributed by atoms with van der Waals surface area (Å²) in [5, 5.41) is 5.10. The summed E-state index contributed by atoms with van der Waals surface area (Å²) < 4.78 is 4.84. The average Bonchev–Trinajstić information content (AvgIpc) is 2.42. The van der Waals surface area contributed by atoms with Gasteiger partial charge in [0.1, 0.15) is 12.1 Å². The molecule has 0 aromatic rings. The summed E-state index contributed by atoms with van der Waals surface area (Å²) in [4.78, 5) is 46.9. The minimum absolute atomic E-state index is 0.0449. The van der Waals surface area contributed by atoms with Gasteiger partial charge in [-0.2, -0.15) is 0 Å². The largest absolute Gasteiger partial charge is 0.466 e. The van der Waals surface area contributed by atoms with Crippen LogP contribution in [0.3, 0.4) is 0 Å². The Kier molecular flexibility index (Phi) is 9.68. The van der Waals surface area contributed by atoms with E-state index in [0.29, 0.717) is 6.42 Å². The van der Waals surface area contributed by atoms with Crippen molar-refractivity contribution in [1.82, 2.24) is 10.6 Å². The van der Waals surface area contributed by atoms with E-state index in [4.69, 9.17) is 10.5 Å². The number of esters is 1. The highest BCUT2D eigenvalue weighted by Crippen LogP contribution is 2.11. The van der Waals surface area contributed by atoms with Crippen LogP contribution in [0.5, 0.6) is 0 Å². The first-order chi connectivity index (χ1) is 11.1. The van der Waals surface area contributed by atoms with Gasteiger partial charge < -0.3 is 21.1 Å². The number of ether oxygens (including phenoxy) is 1. The van der Waals surface area contributed by atoms with Gasteiger partial charge in [-0.15, -0.1) is 0 Å². The molecule has 138 valence electrons. The Morgan fingerprint density at radius 2 is 1.67 bits per heavy atom. The topological polar surface area (TPSA) is 128 Å². The first-order valence-electron chi connectivity index (χ1n) is 8.10. The molecule has 0 saturated carbocycles. The summed E-state index contributed by atoms with van der Waals surface area (Å²) in [6.45, 7) is 8.68. The van der Waals surface area contributed by atoms with Gasteiger partial charge >= 0.3 is 5.97 Å². The van der Waals surface area contributed by atoms with Crippen LogP contribution < -0.4 is 16.4 Å². The number of hydrogen-bond donors (Lipinski definition) is 3. The van der Waals surface area contributed by atoms with Crippen LogP contribution in [0.4, 0.5) is 0 Å². The van der Waals surface area contributed by atoms with E-state index in [1.54, 1.807) is 13.8 Å². The van der Waals surface area contributed by atoms with Crippen molar-refractivity contribution < 1.29 is 23.9 Å². The lowest BCUT2D eigenvalue weighted by Gasteiger charge is -2.25. The molecule has 0 fully saturated rings. The van der Waals surface area contributed by atoms with Crippen molar-refractivity contribution in [2.24, 2.45) is 17.6 Å². The lowest BCUT2D eigenvalue weighted by Crippen LogP contribution is -2.55. The molecular formula is C16H29N3O5. The molecule has 0 aliphatic carbocycles. The minimum Gasteiger partial charge on any atom is -0.466 e. The fourth-order valence-corrected chi connectivity index (χ4v) is 2.30.